The zero-order chi connectivity index (χ0) is 25.8. The van der Waals surface area contributed by atoms with Crippen molar-refractivity contribution in [3.05, 3.63) is 88.4 Å². The number of benzene rings is 3. The van der Waals surface area contributed by atoms with Crippen LogP contribution in [-0.4, -0.2) is 18.4 Å². The monoisotopic (exact) mass is 516 g/mol. The fourth-order valence-corrected chi connectivity index (χ4v) is 2.98. The third-order valence-corrected chi connectivity index (χ3v) is 4.83. The minimum absolute atomic E-state index is 0.0462. The average molecular weight is 517 g/mol. The van der Waals surface area contributed by atoms with E-state index in [1.165, 1.54) is 30.3 Å². The molecule has 0 atom stereocenters. The zero-order valence-corrected chi connectivity index (χ0v) is 18.2. The lowest BCUT2D eigenvalue weighted by molar-refractivity contribution is -0.138. The van der Waals surface area contributed by atoms with Crippen LogP contribution in [0.3, 0.4) is 0 Å². The lowest BCUT2D eigenvalue weighted by Crippen LogP contribution is -2.21. The van der Waals surface area contributed by atoms with Crippen molar-refractivity contribution in [1.82, 2.24) is 0 Å². The number of hydrogen-bond donors (Lipinski definition) is 2. The Morgan fingerprint density at radius 2 is 1.43 bits per heavy atom. The zero-order valence-electron chi connectivity index (χ0n) is 17.4. The van der Waals surface area contributed by atoms with Crippen LogP contribution in [0.5, 0.6) is 5.75 Å². The van der Waals surface area contributed by atoms with Crippen LogP contribution in [0.15, 0.2) is 66.7 Å². The number of amides is 2. The van der Waals surface area contributed by atoms with Crippen LogP contribution < -0.4 is 15.4 Å². The smallest absolute Gasteiger partial charge is 0.416 e. The molecule has 0 spiro atoms. The number of hydrogen-bond acceptors (Lipinski definition) is 3. The van der Waals surface area contributed by atoms with Crippen LogP contribution in [0.25, 0.3) is 0 Å². The van der Waals surface area contributed by atoms with E-state index in [-0.39, 0.29) is 27.7 Å². The SMILES string of the molecule is O=C(COc1ccc(C(=O)Nc2cccc(C(F)(F)F)c2)cc1)Nc1cc(C(F)(F)F)ccc1Cl. The molecular formula is C23H15ClF6N2O3. The number of anilines is 2. The van der Waals surface area contributed by atoms with Crippen LogP contribution in [0.1, 0.15) is 21.5 Å². The molecule has 0 unspecified atom stereocenters. The van der Waals surface area contributed by atoms with Crippen molar-refractivity contribution in [3.63, 3.8) is 0 Å². The Hall–Kier alpha value is -3.73. The first-order valence-electron chi connectivity index (χ1n) is 9.71. The van der Waals surface area contributed by atoms with Gasteiger partial charge in [-0.3, -0.25) is 9.59 Å². The van der Waals surface area contributed by atoms with Gasteiger partial charge in [-0.15, -0.1) is 0 Å². The number of halogens is 7. The van der Waals surface area contributed by atoms with Gasteiger partial charge < -0.3 is 15.4 Å². The number of carbonyl (C=O) groups excluding carboxylic acids is 2. The summed E-state index contributed by atoms with van der Waals surface area (Å²) in [4.78, 5) is 24.4. The van der Waals surface area contributed by atoms with Gasteiger partial charge in [0, 0.05) is 11.3 Å². The van der Waals surface area contributed by atoms with Crippen LogP contribution in [0.2, 0.25) is 5.02 Å². The minimum Gasteiger partial charge on any atom is -0.484 e. The summed E-state index contributed by atoms with van der Waals surface area (Å²) in [7, 11) is 0. The van der Waals surface area contributed by atoms with E-state index in [2.05, 4.69) is 10.6 Å². The molecule has 0 aliphatic heterocycles. The number of alkyl halides is 6. The van der Waals surface area contributed by atoms with Gasteiger partial charge in [-0.05, 0) is 60.7 Å². The molecule has 2 amide bonds. The second-order valence-corrected chi connectivity index (χ2v) is 7.49. The maximum absolute atomic E-state index is 12.8. The van der Waals surface area contributed by atoms with Crippen LogP contribution in [0.4, 0.5) is 37.7 Å². The molecule has 3 rings (SSSR count). The van der Waals surface area contributed by atoms with Crippen LogP contribution in [0, 0.1) is 0 Å². The van der Waals surface area contributed by atoms with Gasteiger partial charge in [-0.2, -0.15) is 26.3 Å². The van der Waals surface area contributed by atoms with Gasteiger partial charge in [-0.1, -0.05) is 17.7 Å². The first kappa shape index (κ1) is 25.9. The van der Waals surface area contributed by atoms with Gasteiger partial charge in [0.25, 0.3) is 11.8 Å². The summed E-state index contributed by atoms with van der Waals surface area (Å²) in [6.07, 6.45) is -9.17. The quantitative estimate of drug-likeness (QED) is 0.361. The highest BCUT2D eigenvalue weighted by Gasteiger charge is 2.31. The molecule has 3 aromatic rings. The molecule has 0 saturated heterocycles. The Morgan fingerprint density at radius 3 is 2.06 bits per heavy atom. The molecule has 184 valence electrons. The van der Waals surface area contributed by atoms with Crippen molar-refractivity contribution in [2.45, 2.75) is 12.4 Å². The summed E-state index contributed by atoms with van der Waals surface area (Å²) in [6, 6.07) is 11.9. The molecule has 5 nitrogen and oxygen atoms in total. The molecule has 0 aliphatic rings. The highest BCUT2D eigenvalue weighted by atomic mass is 35.5. The molecule has 0 aliphatic carbocycles. The molecule has 35 heavy (non-hydrogen) atoms. The van der Waals surface area contributed by atoms with Gasteiger partial charge in [0.05, 0.1) is 21.8 Å². The molecule has 0 saturated carbocycles. The van der Waals surface area contributed by atoms with Gasteiger partial charge in [0.1, 0.15) is 5.75 Å². The van der Waals surface area contributed by atoms with E-state index in [0.29, 0.717) is 6.07 Å². The Bertz CT molecular complexity index is 1230. The van der Waals surface area contributed by atoms with E-state index >= 15 is 0 Å². The van der Waals surface area contributed by atoms with Crippen molar-refractivity contribution in [3.8, 4) is 5.75 Å². The van der Waals surface area contributed by atoms with Gasteiger partial charge in [-0.25, -0.2) is 0 Å². The summed E-state index contributed by atoms with van der Waals surface area (Å²) in [6.45, 7) is -0.567. The second-order valence-electron chi connectivity index (χ2n) is 7.09. The standard InChI is InChI=1S/C23H15ClF6N2O3/c24-18-9-6-15(23(28,29)30)11-19(18)32-20(33)12-35-17-7-4-13(5-8-17)21(34)31-16-3-1-2-14(10-16)22(25,26)27/h1-11H,12H2,(H,31,34)(H,32,33). The summed E-state index contributed by atoms with van der Waals surface area (Å²) < 4.78 is 82.1. The van der Waals surface area contributed by atoms with Crippen molar-refractivity contribution in [2.75, 3.05) is 17.2 Å². The lowest BCUT2D eigenvalue weighted by Gasteiger charge is -2.12. The van der Waals surface area contributed by atoms with Gasteiger partial charge >= 0.3 is 12.4 Å². The maximum atomic E-state index is 12.8. The Kier molecular flexibility index (Phi) is 7.59. The largest absolute Gasteiger partial charge is 0.484 e. The van der Waals surface area contributed by atoms with E-state index in [4.69, 9.17) is 16.3 Å². The molecule has 0 aromatic heterocycles. The molecule has 3 aromatic carbocycles. The van der Waals surface area contributed by atoms with Crippen molar-refractivity contribution >= 4 is 34.8 Å². The minimum atomic E-state index is -4.62. The molecule has 0 heterocycles. The molecule has 12 heteroatoms. The van der Waals surface area contributed by atoms with Crippen LogP contribution >= 0.6 is 11.6 Å². The van der Waals surface area contributed by atoms with E-state index in [0.717, 1.165) is 30.3 Å². The lowest BCUT2D eigenvalue weighted by atomic mass is 10.1. The second kappa shape index (κ2) is 10.3. The molecule has 0 radical (unpaired) electrons. The molecule has 0 bridgehead atoms. The van der Waals surface area contributed by atoms with E-state index in [1.807, 2.05) is 0 Å². The Balaban J connectivity index is 1.57. The molecular weight excluding hydrogens is 502 g/mol. The maximum Gasteiger partial charge on any atom is 0.416 e. The summed E-state index contributed by atoms with van der Waals surface area (Å²) >= 11 is 5.83. The fraction of sp³-hybridized carbons (Fsp3) is 0.130. The third-order valence-electron chi connectivity index (χ3n) is 4.50. The number of rotatable bonds is 6. The van der Waals surface area contributed by atoms with Crippen molar-refractivity contribution in [2.24, 2.45) is 0 Å². The number of ether oxygens (including phenoxy) is 1. The molecule has 0 fully saturated rings. The summed E-state index contributed by atoms with van der Waals surface area (Å²) in [5, 5.41) is 4.48. The van der Waals surface area contributed by atoms with Gasteiger partial charge in [0.15, 0.2) is 6.61 Å². The normalized spacial score (nSPS) is 11.6. The predicted octanol–water partition coefficient (Wildman–Crippen LogP) is 6.65. The first-order chi connectivity index (χ1) is 16.3. The van der Waals surface area contributed by atoms with Gasteiger partial charge in [0.2, 0.25) is 0 Å². The number of carbonyl (C=O) groups is 2. The van der Waals surface area contributed by atoms with E-state index in [9.17, 15) is 35.9 Å². The van der Waals surface area contributed by atoms with E-state index < -0.39 is 41.9 Å². The average Bonchev–Trinajstić information content (AvgIpc) is 2.78. The fourth-order valence-electron chi connectivity index (χ4n) is 2.81. The number of nitrogens with one attached hydrogen (secondary N) is 2. The van der Waals surface area contributed by atoms with Crippen molar-refractivity contribution < 1.29 is 40.7 Å². The van der Waals surface area contributed by atoms with Crippen LogP contribution in [-0.2, 0) is 17.1 Å². The van der Waals surface area contributed by atoms with E-state index in [1.54, 1.807) is 0 Å². The van der Waals surface area contributed by atoms with Crippen molar-refractivity contribution in [1.29, 1.82) is 0 Å². The Morgan fingerprint density at radius 1 is 0.800 bits per heavy atom. The summed E-state index contributed by atoms with van der Waals surface area (Å²) in [5.74, 6) is -1.30. The Labute approximate surface area is 199 Å². The third kappa shape index (κ3) is 7.12. The molecule has 2 N–H and O–H groups in total. The highest BCUT2D eigenvalue weighted by Crippen LogP contribution is 2.34. The highest BCUT2D eigenvalue weighted by molar-refractivity contribution is 6.33. The predicted molar refractivity (Wildman–Crippen MR) is 116 cm³/mol. The first-order valence-corrected chi connectivity index (χ1v) is 10.1. The summed E-state index contributed by atoms with van der Waals surface area (Å²) in [5.41, 5.74) is -2.08. The topological polar surface area (TPSA) is 67.4 Å².